The fourth-order valence-electron chi connectivity index (χ4n) is 2.62. The van der Waals surface area contributed by atoms with Crippen LogP contribution in [0, 0.1) is 0 Å². The van der Waals surface area contributed by atoms with E-state index in [1.54, 1.807) is 0 Å². The molecule has 26 heavy (non-hydrogen) atoms. The molecule has 0 aliphatic carbocycles. The number of unbranched alkanes of at least 4 members (excludes halogenated alkanes) is 6. The summed E-state index contributed by atoms with van der Waals surface area (Å²) in [5, 5.41) is 8.58. The Labute approximate surface area is 159 Å². The number of hydrogen-bond acceptors (Lipinski definition) is 3. The van der Waals surface area contributed by atoms with E-state index in [9.17, 15) is 9.59 Å². The molecule has 0 saturated carbocycles. The largest absolute Gasteiger partial charge is 0.481 e. The van der Waals surface area contributed by atoms with Gasteiger partial charge in [0.15, 0.2) is 0 Å². The molecule has 0 aromatic carbocycles. The first kappa shape index (κ1) is 24.4. The monoisotopic (exact) mass is 366 g/mol. The number of carboxylic acid groups (broad SMARTS) is 1. The third-order valence-electron chi connectivity index (χ3n) is 4.15. The van der Waals surface area contributed by atoms with Crippen molar-refractivity contribution in [2.75, 3.05) is 0 Å². The molecular weight excluding hydrogens is 328 g/mol. The average Bonchev–Trinajstić information content (AvgIpc) is 2.58. The van der Waals surface area contributed by atoms with Gasteiger partial charge in [-0.25, -0.2) is 0 Å². The lowest BCUT2D eigenvalue weighted by Crippen LogP contribution is -2.15. The van der Waals surface area contributed by atoms with Gasteiger partial charge >= 0.3 is 11.9 Å². The average molecular weight is 367 g/mol. The number of hydrogen-bond donors (Lipinski definition) is 1. The van der Waals surface area contributed by atoms with Crippen LogP contribution < -0.4 is 0 Å². The smallest absolute Gasteiger partial charge is 0.306 e. The summed E-state index contributed by atoms with van der Waals surface area (Å²) < 4.78 is 5.29. The third kappa shape index (κ3) is 18.8. The fourth-order valence-corrected chi connectivity index (χ4v) is 2.62. The highest BCUT2D eigenvalue weighted by molar-refractivity contribution is 5.69. The lowest BCUT2D eigenvalue weighted by atomic mass is 10.1. The Morgan fingerprint density at radius 1 is 0.885 bits per heavy atom. The zero-order valence-electron chi connectivity index (χ0n) is 16.8. The fraction of sp³-hybridized carbons (Fsp3) is 0.727. The molecule has 0 heterocycles. The van der Waals surface area contributed by atoms with E-state index in [0.29, 0.717) is 19.3 Å². The van der Waals surface area contributed by atoms with Crippen molar-refractivity contribution in [3.8, 4) is 0 Å². The van der Waals surface area contributed by atoms with Crippen LogP contribution in [-0.4, -0.2) is 23.1 Å². The summed E-state index contributed by atoms with van der Waals surface area (Å²) in [5.41, 5.74) is 0. The molecule has 0 fully saturated rings. The van der Waals surface area contributed by atoms with Gasteiger partial charge in [-0.05, 0) is 51.9 Å². The van der Waals surface area contributed by atoms with Crippen molar-refractivity contribution in [2.24, 2.45) is 0 Å². The summed E-state index contributed by atoms with van der Waals surface area (Å²) in [5.74, 6) is -0.963. The van der Waals surface area contributed by atoms with Gasteiger partial charge in [-0.3, -0.25) is 9.59 Å². The molecular formula is C22H38O4. The zero-order chi connectivity index (χ0) is 19.5. The second-order valence-electron chi connectivity index (χ2n) is 6.86. The number of carbonyl (C=O) groups is 2. The molecule has 0 rings (SSSR count). The van der Waals surface area contributed by atoms with Gasteiger partial charge < -0.3 is 9.84 Å². The van der Waals surface area contributed by atoms with Crippen LogP contribution >= 0.6 is 0 Å². The van der Waals surface area contributed by atoms with Gasteiger partial charge in [-0.1, -0.05) is 56.9 Å². The lowest BCUT2D eigenvalue weighted by molar-refractivity contribution is -0.148. The molecule has 0 saturated heterocycles. The minimum Gasteiger partial charge on any atom is -0.481 e. The van der Waals surface area contributed by atoms with Crippen LogP contribution in [0.2, 0.25) is 0 Å². The number of carboxylic acids is 1. The molecule has 4 nitrogen and oxygen atoms in total. The predicted molar refractivity (Wildman–Crippen MR) is 107 cm³/mol. The van der Waals surface area contributed by atoms with Gasteiger partial charge in [0.05, 0.1) is 6.10 Å². The normalized spacial score (nSPS) is 12.7. The van der Waals surface area contributed by atoms with E-state index in [4.69, 9.17) is 9.84 Å². The van der Waals surface area contributed by atoms with Crippen LogP contribution in [0.15, 0.2) is 24.3 Å². The molecule has 1 unspecified atom stereocenters. The van der Waals surface area contributed by atoms with Crippen molar-refractivity contribution < 1.29 is 19.4 Å². The molecule has 0 aromatic heterocycles. The van der Waals surface area contributed by atoms with Crippen LogP contribution in [0.25, 0.3) is 0 Å². The quantitative estimate of drug-likeness (QED) is 0.189. The summed E-state index contributed by atoms with van der Waals surface area (Å²) in [7, 11) is 0. The molecule has 0 aliphatic rings. The molecule has 0 radical (unpaired) electrons. The van der Waals surface area contributed by atoms with Crippen LogP contribution in [0.1, 0.15) is 97.3 Å². The zero-order valence-corrected chi connectivity index (χ0v) is 16.8. The number of esters is 1. The maximum atomic E-state index is 11.7. The lowest BCUT2D eigenvalue weighted by Gasteiger charge is -2.12. The molecule has 0 amide bonds. The number of allylic oxidation sites excluding steroid dienone is 4. The van der Waals surface area contributed by atoms with Gasteiger partial charge in [0, 0.05) is 12.8 Å². The van der Waals surface area contributed by atoms with Crippen molar-refractivity contribution in [1.29, 1.82) is 0 Å². The molecule has 0 aliphatic heterocycles. The number of ether oxygens (including phenoxy) is 1. The summed E-state index contributed by atoms with van der Waals surface area (Å²) in [6, 6.07) is 0. The van der Waals surface area contributed by atoms with E-state index in [2.05, 4.69) is 31.2 Å². The topological polar surface area (TPSA) is 63.6 Å². The number of carbonyl (C=O) groups excluding carboxylic acids is 1. The third-order valence-corrected chi connectivity index (χ3v) is 4.15. The number of aliphatic carboxylic acids is 1. The van der Waals surface area contributed by atoms with E-state index in [-0.39, 0.29) is 18.5 Å². The van der Waals surface area contributed by atoms with E-state index in [0.717, 1.165) is 32.1 Å². The first-order valence-corrected chi connectivity index (χ1v) is 10.3. The minimum atomic E-state index is -0.803. The molecule has 0 spiro atoms. The Morgan fingerprint density at radius 2 is 1.54 bits per heavy atom. The summed E-state index contributed by atoms with van der Waals surface area (Å²) in [6.07, 6.45) is 20.6. The van der Waals surface area contributed by atoms with Gasteiger partial charge in [0.2, 0.25) is 0 Å². The molecule has 0 aromatic rings. The van der Waals surface area contributed by atoms with Gasteiger partial charge in [0.25, 0.3) is 0 Å². The summed E-state index contributed by atoms with van der Waals surface area (Å²) in [4.78, 5) is 22.1. The highest BCUT2D eigenvalue weighted by atomic mass is 16.5. The van der Waals surface area contributed by atoms with Crippen LogP contribution in [0.5, 0.6) is 0 Å². The van der Waals surface area contributed by atoms with Crippen LogP contribution in [0.3, 0.4) is 0 Å². The summed E-state index contributed by atoms with van der Waals surface area (Å²) in [6.45, 7) is 4.02. The second-order valence-corrected chi connectivity index (χ2v) is 6.86. The van der Waals surface area contributed by atoms with E-state index >= 15 is 0 Å². The highest BCUT2D eigenvalue weighted by Crippen LogP contribution is 2.10. The maximum absolute atomic E-state index is 11.7. The van der Waals surface area contributed by atoms with Crippen LogP contribution in [-0.2, 0) is 14.3 Å². The molecule has 150 valence electrons. The van der Waals surface area contributed by atoms with Crippen molar-refractivity contribution >= 4 is 11.9 Å². The predicted octanol–water partition coefficient (Wildman–Crippen LogP) is 6.21. The van der Waals surface area contributed by atoms with Crippen LogP contribution in [0.4, 0.5) is 0 Å². The van der Waals surface area contributed by atoms with E-state index in [1.165, 1.54) is 25.7 Å². The Morgan fingerprint density at radius 3 is 2.23 bits per heavy atom. The Kier molecular flexibility index (Phi) is 17.1. The van der Waals surface area contributed by atoms with Gasteiger partial charge in [-0.15, -0.1) is 0 Å². The first-order chi connectivity index (χ1) is 12.6. The highest BCUT2D eigenvalue weighted by Gasteiger charge is 2.09. The van der Waals surface area contributed by atoms with E-state index < -0.39 is 5.97 Å². The van der Waals surface area contributed by atoms with Gasteiger partial charge in [0.1, 0.15) is 0 Å². The molecule has 1 N–H and O–H groups in total. The Balaban J connectivity index is 3.42. The standard InChI is InChI=1S/C22H38O4/c1-3-4-5-6-7-8-9-10-11-12-13-14-15-19-22(25)26-20(2)17-16-18-21(23)24/h5-6,8-9,20H,3-4,7,10-19H2,1-2H3,(H,23,24)/b6-5-,9-8-. The van der Waals surface area contributed by atoms with Crippen molar-refractivity contribution in [3.05, 3.63) is 24.3 Å². The SMILES string of the molecule is CCC/C=C\C/C=C\CCCCCCCC(=O)OC(C)CCCC(=O)O. The number of rotatable bonds is 17. The Hall–Kier alpha value is -1.58. The first-order valence-electron chi connectivity index (χ1n) is 10.3. The molecule has 0 bridgehead atoms. The van der Waals surface area contributed by atoms with Gasteiger partial charge in [-0.2, -0.15) is 0 Å². The molecule has 4 heteroatoms. The van der Waals surface area contributed by atoms with Crippen molar-refractivity contribution in [3.63, 3.8) is 0 Å². The second kappa shape index (κ2) is 18.2. The molecule has 1 atom stereocenters. The van der Waals surface area contributed by atoms with Crippen molar-refractivity contribution in [1.82, 2.24) is 0 Å². The summed E-state index contributed by atoms with van der Waals surface area (Å²) >= 11 is 0. The maximum Gasteiger partial charge on any atom is 0.306 e. The van der Waals surface area contributed by atoms with E-state index in [1.807, 2.05) is 6.92 Å². The van der Waals surface area contributed by atoms with Crippen molar-refractivity contribution in [2.45, 2.75) is 103 Å². The minimum absolute atomic E-state index is 0.132. The Bertz CT molecular complexity index is 412.